The van der Waals surface area contributed by atoms with Gasteiger partial charge in [-0.2, -0.15) is 0 Å². The van der Waals surface area contributed by atoms with Crippen LogP contribution in [-0.4, -0.2) is 18.1 Å². The van der Waals surface area contributed by atoms with E-state index in [1.54, 1.807) is 0 Å². The van der Waals surface area contributed by atoms with Gasteiger partial charge < -0.3 is 10.5 Å². The fourth-order valence-electron chi connectivity index (χ4n) is 2.75. The fourth-order valence-corrected chi connectivity index (χ4v) is 2.75. The summed E-state index contributed by atoms with van der Waals surface area (Å²) in [5.74, 6) is -0.0519. The van der Waals surface area contributed by atoms with Crippen molar-refractivity contribution >= 4 is 5.97 Å². The molecule has 0 bridgehead atoms. The number of hydrogen-bond donors (Lipinski definition) is 1. The third-order valence-corrected chi connectivity index (χ3v) is 4.01. The second-order valence-corrected chi connectivity index (χ2v) is 7.72. The van der Waals surface area contributed by atoms with Gasteiger partial charge in [-0.1, -0.05) is 70.6 Å². The predicted octanol–water partition coefficient (Wildman–Crippen LogP) is 5.75. The van der Waals surface area contributed by atoms with E-state index in [1.165, 1.54) is 70.6 Å². The molecule has 0 rings (SSSR count). The smallest absolute Gasteiger partial charge is 0.306 e. The highest BCUT2D eigenvalue weighted by Crippen LogP contribution is 2.14. The molecule has 0 aliphatic carbocycles. The third kappa shape index (κ3) is 19.4. The van der Waals surface area contributed by atoms with E-state index in [0.717, 1.165) is 19.4 Å². The highest BCUT2D eigenvalue weighted by Gasteiger charge is 2.15. The minimum atomic E-state index is -0.346. The van der Waals surface area contributed by atoms with E-state index >= 15 is 0 Å². The summed E-state index contributed by atoms with van der Waals surface area (Å²) in [5, 5.41) is 0. The second kappa shape index (κ2) is 15.0. The fraction of sp³-hybridized carbons (Fsp3) is 0.950. The zero-order valence-corrected chi connectivity index (χ0v) is 16.0. The maximum Gasteiger partial charge on any atom is 0.306 e. The molecule has 0 amide bonds. The van der Waals surface area contributed by atoms with E-state index in [2.05, 4.69) is 0 Å². The van der Waals surface area contributed by atoms with Crippen molar-refractivity contribution in [3.63, 3.8) is 0 Å². The Labute approximate surface area is 144 Å². The van der Waals surface area contributed by atoms with Gasteiger partial charge in [-0.3, -0.25) is 4.79 Å². The summed E-state index contributed by atoms with van der Waals surface area (Å²) in [6.07, 6.45) is 17.4. The molecule has 23 heavy (non-hydrogen) atoms. The first-order valence-corrected chi connectivity index (χ1v) is 9.87. The van der Waals surface area contributed by atoms with Crippen LogP contribution in [0.4, 0.5) is 0 Å². The van der Waals surface area contributed by atoms with E-state index in [0.29, 0.717) is 6.42 Å². The maximum absolute atomic E-state index is 11.5. The number of nitrogens with two attached hydrogens (primary N) is 1. The van der Waals surface area contributed by atoms with Crippen LogP contribution in [0.5, 0.6) is 0 Å². The monoisotopic (exact) mass is 327 g/mol. The molecule has 2 N–H and O–H groups in total. The summed E-state index contributed by atoms with van der Waals surface area (Å²) in [6.45, 7) is 6.61. The summed E-state index contributed by atoms with van der Waals surface area (Å²) in [6, 6.07) is 0. The van der Waals surface area contributed by atoms with Gasteiger partial charge in [0.1, 0.15) is 5.60 Å². The van der Waals surface area contributed by atoms with Crippen molar-refractivity contribution in [3.8, 4) is 0 Å². The Balaban J connectivity index is 3.15. The molecular formula is C20H41NO2. The SMILES string of the molecule is CC(C)(C)OC(=O)CCCCCCCCCCCCCCCN. The minimum Gasteiger partial charge on any atom is -0.460 e. The van der Waals surface area contributed by atoms with Crippen molar-refractivity contribution < 1.29 is 9.53 Å². The van der Waals surface area contributed by atoms with Crippen molar-refractivity contribution in [1.29, 1.82) is 0 Å². The Bertz CT molecular complexity index is 271. The first-order valence-electron chi connectivity index (χ1n) is 9.87. The van der Waals surface area contributed by atoms with Gasteiger partial charge >= 0.3 is 5.97 Å². The summed E-state index contributed by atoms with van der Waals surface area (Å²) >= 11 is 0. The molecule has 0 unspecified atom stereocenters. The molecule has 0 aromatic carbocycles. The number of ether oxygens (including phenoxy) is 1. The Morgan fingerprint density at radius 2 is 1.04 bits per heavy atom. The lowest BCUT2D eigenvalue weighted by Crippen LogP contribution is -2.23. The Hall–Kier alpha value is -0.570. The van der Waals surface area contributed by atoms with Crippen LogP contribution in [0.1, 0.15) is 111 Å². The van der Waals surface area contributed by atoms with Crippen LogP contribution in [0, 0.1) is 0 Å². The van der Waals surface area contributed by atoms with Crippen LogP contribution in [0.3, 0.4) is 0 Å². The number of hydrogen-bond acceptors (Lipinski definition) is 3. The van der Waals surface area contributed by atoms with Crippen LogP contribution in [-0.2, 0) is 9.53 Å². The van der Waals surface area contributed by atoms with Gasteiger partial charge in [0.15, 0.2) is 0 Å². The van der Waals surface area contributed by atoms with E-state index in [-0.39, 0.29) is 11.6 Å². The largest absolute Gasteiger partial charge is 0.460 e. The molecule has 0 aliphatic heterocycles. The van der Waals surface area contributed by atoms with Crippen LogP contribution >= 0.6 is 0 Å². The molecule has 138 valence electrons. The normalized spacial score (nSPS) is 11.7. The van der Waals surface area contributed by atoms with Gasteiger partial charge in [0.25, 0.3) is 0 Å². The number of unbranched alkanes of at least 4 members (excludes halogenated alkanes) is 12. The quantitative estimate of drug-likeness (QED) is 0.308. The number of rotatable bonds is 15. The van der Waals surface area contributed by atoms with Gasteiger partial charge in [-0.15, -0.1) is 0 Å². The topological polar surface area (TPSA) is 52.3 Å². The van der Waals surface area contributed by atoms with Crippen molar-refractivity contribution in [2.45, 2.75) is 116 Å². The van der Waals surface area contributed by atoms with Crippen LogP contribution in [0.2, 0.25) is 0 Å². The zero-order chi connectivity index (χ0) is 17.4. The molecule has 0 heterocycles. The predicted molar refractivity (Wildman–Crippen MR) is 99.5 cm³/mol. The molecule has 0 spiro atoms. The molecule has 0 atom stereocenters. The minimum absolute atomic E-state index is 0.0519. The Morgan fingerprint density at radius 1 is 0.696 bits per heavy atom. The third-order valence-electron chi connectivity index (χ3n) is 4.01. The Morgan fingerprint density at radius 3 is 1.39 bits per heavy atom. The average molecular weight is 328 g/mol. The summed E-state index contributed by atoms with van der Waals surface area (Å²) in [5.41, 5.74) is 5.14. The highest BCUT2D eigenvalue weighted by atomic mass is 16.6. The van der Waals surface area contributed by atoms with Crippen LogP contribution < -0.4 is 5.73 Å². The summed E-state index contributed by atoms with van der Waals surface area (Å²) in [7, 11) is 0. The standard InChI is InChI=1S/C20H41NO2/c1-20(2,3)23-19(22)17-15-13-11-9-7-5-4-6-8-10-12-14-16-18-21/h4-18,21H2,1-3H3. The van der Waals surface area contributed by atoms with Gasteiger partial charge in [0.2, 0.25) is 0 Å². The maximum atomic E-state index is 11.5. The molecule has 0 aliphatic rings. The Kier molecular flexibility index (Phi) is 14.6. The van der Waals surface area contributed by atoms with Crippen LogP contribution in [0.15, 0.2) is 0 Å². The van der Waals surface area contributed by atoms with Crippen molar-refractivity contribution in [2.24, 2.45) is 5.73 Å². The van der Waals surface area contributed by atoms with Crippen molar-refractivity contribution in [1.82, 2.24) is 0 Å². The molecule has 0 saturated heterocycles. The molecule has 0 radical (unpaired) electrons. The van der Waals surface area contributed by atoms with E-state index in [9.17, 15) is 4.79 Å². The number of esters is 1. The van der Waals surface area contributed by atoms with E-state index in [4.69, 9.17) is 10.5 Å². The van der Waals surface area contributed by atoms with Crippen LogP contribution in [0.25, 0.3) is 0 Å². The van der Waals surface area contributed by atoms with E-state index < -0.39 is 0 Å². The van der Waals surface area contributed by atoms with Gasteiger partial charge in [-0.05, 0) is 40.2 Å². The zero-order valence-electron chi connectivity index (χ0n) is 16.0. The first kappa shape index (κ1) is 22.4. The molecule has 3 nitrogen and oxygen atoms in total. The number of carbonyl (C=O) groups is 1. The summed E-state index contributed by atoms with van der Waals surface area (Å²) < 4.78 is 5.31. The lowest BCUT2D eigenvalue weighted by molar-refractivity contribution is -0.154. The number of carbonyl (C=O) groups excluding carboxylic acids is 1. The molecule has 0 aromatic heterocycles. The van der Waals surface area contributed by atoms with Gasteiger partial charge in [-0.25, -0.2) is 0 Å². The lowest BCUT2D eigenvalue weighted by atomic mass is 10.0. The molecular weight excluding hydrogens is 286 g/mol. The van der Waals surface area contributed by atoms with Gasteiger partial charge in [0, 0.05) is 6.42 Å². The molecule has 0 fully saturated rings. The van der Waals surface area contributed by atoms with Crippen molar-refractivity contribution in [2.75, 3.05) is 6.54 Å². The van der Waals surface area contributed by atoms with Gasteiger partial charge in [0.05, 0.1) is 0 Å². The highest BCUT2D eigenvalue weighted by molar-refractivity contribution is 5.69. The lowest BCUT2D eigenvalue weighted by Gasteiger charge is -2.19. The second-order valence-electron chi connectivity index (χ2n) is 7.72. The molecule has 0 aromatic rings. The molecule has 3 heteroatoms. The molecule has 0 saturated carbocycles. The van der Waals surface area contributed by atoms with Crippen molar-refractivity contribution in [3.05, 3.63) is 0 Å². The summed E-state index contributed by atoms with van der Waals surface area (Å²) in [4.78, 5) is 11.5. The average Bonchev–Trinajstić information content (AvgIpc) is 2.46. The first-order chi connectivity index (χ1) is 11.0. The van der Waals surface area contributed by atoms with E-state index in [1.807, 2.05) is 20.8 Å².